The van der Waals surface area contributed by atoms with E-state index in [1.165, 1.54) is 0 Å². The molecule has 4 nitrogen and oxygen atoms in total. The number of nitrogens with zero attached hydrogens (tertiary/aromatic N) is 2. The van der Waals surface area contributed by atoms with Gasteiger partial charge in [-0.15, -0.1) is 0 Å². The fraction of sp³-hybridized carbons (Fsp3) is 0.750. The summed E-state index contributed by atoms with van der Waals surface area (Å²) in [5.41, 5.74) is 0.141. The van der Waals surface area contributed by atoms with Gasteiger partial charge < -0.3 is 5.32 Å². The smallest absolute Gasteiger partial charge is 0.315 e. The molecule has 0 bridgehead atoms. The molecule has 4 heteroatoms. The molecule has 0 amide bonds. The summed E-state index contributed by atoms with van der Waals surface area (Å²) in [6.07, 6.45) is 6.12. The van der Waals surface area contributed by atoms with Crippen LogP contribution < -0.4 is 11.0 Å². The minimum Gasteiger partial charge on any atom is -0.315 e. The molecule has 1 saturated heterocycles. The predicted molar refractivity (Wildman–Crippen MR) is 64.7 cm³/mol. The topological polar surface area (TPSA) is 39.0 Å². The molecule has 2 rings (SSSR count). The van der Waals surface area contributed by atoms with Crippen LogP contribution in [0.1, 0.15) is 32.7 Å². The van der Waals surface area contributed by atoms with Gasteiger partial charge in [0.2, 0.25) is 0 Å². The molecule has 16 heavy (non-hydrogen) atoms. The highest BCUT2D eigenvalue weighted by atomic mass is 16.1. The molecular formula is C12H21N3O. The van der Waals surface area contributed by atoms with Crippen molar-refractivity contribution < 1.29 is 0 Å². The maximum absolute atomic E-state index is 12.1. The molecule has 1 N–H and O–H groups in total. The van der Waals surface area contributed by atoms with Gasteiger partial charge in [0.05, 0.1) is 6.04 Å². The van der Waals surface area contributed by atoms with E-state index in [1.807, 2.05) is 21.5 Å². The number of aromatic nitrogens is 2. The second kappa shape index (κ2) is 4.87. The largest absolute Gasteiger partial charge is 0.328 e. The van der Waals surface area contributed by atoms with Crippen molar-refractivity contribution in [3.05, 3.63) is 22.9 Å². The van der Waals surface area contributed by atoms with Crippen molar-refractivity contribution in [3.8, 4) is 0 Å². The highest BCUT2D eigenvalue weighted by molar-refractivity contribution is 4.88. The normalized spacial score (nSPS) is 21.6. The van der Waals surface area contributed by atoms with Crippen molar-refractivity contribution in [2.75, 3.05) is 13.1 Å². The Bertz CT molecular complexity index is 385. The maximum atomic E-state index is 12.1. The average molecular weight is 223 g/mol. The fourth-order valence-corrected chi connectivity index (χ4v) is 2.31. The van der Waals surface area contributed by atoms with E-state index in [2.05, 4.69) is 19.2 Å². The molecule has 0 aliphatic carbocycles. The molecule has 1 aromatic heterocycles. The van der Waals surface area contributed by atoms with E-state index < -0.39 is 0 Å². The lowest BCUT2D eigenvalue weighted by Gasteiger charge is -2.23. The third-order valence-electron chi connectivity index (χ3n) is 3.10. The quantitative estimate of drug-likeness (QED) is 0.837. The molecule has 0 spiro atoms. The standard InChI is InChI=1S/C12H21N3O/c1-10(2)9-14-6-7-15(12(14)16)11-4-3-5-13-8-11/h6-7,10-11,13H,3-5,8-9H2,1-2H3. The van der Waals surface area contributed by atoms with Gasteiger partial charge in [0.15, 0.2) is 0 Å². The molecule has 1 aliphatic heterocycles. The van der Waals surface area contributed by atoms with Gasteiger partial charge in [0.1, 0.15) is 0 Å². The number of nitrogens with one attached hydrogen (secondary N) is 1. The summed E-state index contributed by atoms with van der Waals surface area (Å²) < 4.78 is 3.70. The number of piperidine rings is 1. The fourth-order valence-electron chi connectivity index (χ4n) is 2.31. The van der Waals surface area contributed by atoms with Crippen LogP contribution >= 0.6 is 0 Å². The van der Waals surface area contributed by atoms with Crippen molar-refractivity contribution >= 4 is 0 Å². The van der Waals surface area contributed by atoms with Gasteiger partial charge in [-0.05, 0) is 25.3 Å². The summed E-state index contributed by atoms with van der Waals surface area (Å²) in [4.78, 5) is 12.1. The Hall–Kier alpha value is -1.03. The lowest BCUT2D eigenvalue weighted by Crippen LogP contribution is -2.37. The summed E-state index contributed by atoms with van der Waals surface area (Å²) in [7, 11) is 0. The van der Waals surface area contributed by atoms with E-state index in [4.69, 9.17) is 0 Å². The first-order valence-electron chi connectivity index (χ1n) is 6.16. The third-order valence-corrected chi connectivity index (χ3v) is 3.10. The molecule has 1 aliphatic rings. The van der Waals surface area contributed by atoms with Gasteiger partial charge in [0, 0.05) is 25.5 Å². The van der Waals surface area contributed by atoms with E-state index in [0.29, 0.717) is 12.0 Å². The van der Waals surface area contributed by atoms with Gasteiger partial charge in [-0.2, -0.15) is 0 Å². The lowest BCUT2D eigenvalue weighted by molar-refractivity contribution is 0.359. The summed E-state index contributed by atoms with van der Waals surface area (Å²) in [6, 6.07) is 0.342. The lowest BCUT2D eigenvalue weighted by atomic mass is 10.1. The van der Waals surface area contributed by atoms with Gasteiger partial charge in [0.25, 0.3) is 0 Å². The third kappa shape index (κ3) is 2.38. The molecule has 1 fully saturated rings. The van der Waals surface area contributed by atoms with Crippen molar-refractivity contribution in [3.63, 3.8) is 0 Å². The van der Waals surface area contributed by atoms with E-state index in [1.54, 1.807) is 0 Å². The zero-order valence-corrected chi connectivity index (χ0v) is 10.1. The van der Waals surface area contributed by atoms with Crippen LogP contribution in [0.3, 0.4) is 0 Å². The molecule has 1 unspecified atom stereocenters. The monoisotopic (exact) mass is 223 g/mol. The summed E-state index contributed by atoms with van der Waals surface area (Å²) in [5.74, 6) is 0.512. The van der Waals surface area contributed by atoms with Gasteiger partial charge in [-0.25, -0.2) is 4.79 Å². The van der Waals surface area contributed by atoms with Crippen LogP contribution in [-0.2, 0) is 6.54 Å². The molecule has 2 heterocycles. The van der Waals surface area contributed by atoms with E-state index in [0.717, 1.165) is 32.5 Å². The van der Waals surface area contributed by atoms with Gasteiger partial charge in [-0.1, -0.05) is 13.8 Å². The Morgan fingerprint density at radius 2 is 2.31 bits per heavy atom. The SMILES string of the molecule is CC(C)Cn1ccn(C2CCCNC2)c1=O. The van der Waals surface area contributed by atoms with Crippen LogP contribution in [0.25, 0.3) is 0 Å². The van der Waals surface area contributed by atoms with Crippen LogP contribution in [-0.4, -0.2) is 22.2 Å². The number of imidazole rings is 1. The van der Waals surface area contributed by atoms with E-state index in [-0.39, 0.29) is 5.69 Å². The van der Waals surface area contributed by atoms with Crippen molar-refractivity contribution in [2.45, 2.75) is 39.3 Å². The van der Waals surface area contributed by atoms with Crippen LogP contribution in [0.15, 0.2) is 17.2 Å². The maximum Gasteiger partial charge on any atom is 0.328 e. The summed E-state index contributed by atoms with van der Waals surface area (Å²) in [5, 5.41) is 3.34. The first-order chi connectivity index (χ1) is 7.68. The number of hydrogen-bond acceptors (Lipinski definition) is 2. The predicted octanol–water partition coefficient (Wildman–Crippen LogP) is 1.23. The average Bonchev–Trinajstić information content (AvgIpc) is 2.61. The van der Waals surface area contributed by atoms with Crippen molar-refractivity contribution in [2.24, 2.45) is 5.92 Å². The second-order valence-electron chi connectivity index (χ2n) is 5.03. The molecule has 0 radical (unpaired) electrons. The Labute approximate surface area is 96.3 Å². The van der Waals surface area contributed by atoms with E-state index >= 15 is 0 Å². The Balaban J connectivity index is 2.15. The molecule has 90 valence electrons. The highest BCUT2D eigenvalue weighted by Gasteiger charge is 2.17. The van der Waals surface area contributed by atoms with Gasteiger partial charge >= 0.3 is 5.69 Å². The molecule has 1 atom stereocenters. The van der Waals surface area contributed by atoms with Crippen molar-refractivity contribution in [1.82, 2.24) is 14.5 Å². The highest BCUT2D eigenvalue weighted by Crippen LogP contribution is 2.14. The Kier molecular flexibility index (Phi) is 3.49. The zero-order valence-electron chi connectivity index (χ0n) is 10.1. The summed E-state index contributed by atoms with van der Waals surface area (Å²) >= 11 is 0. The second-order valence-corrected chi connectivity index (χ2v) is 5.03. The summed E-state index contributed by atoms with van der Waals surface area (Å²) in [6.45, 7) is 7.08. The van der Waals surface area contributed by atoms with Crippen LogP contribution in [0.5, 0.6) is 0 Å². The first-order valence-corrected chi connectivity index (χ1v) is 6.16. The van der Waals surface area contributed by atoms with Crippen LogP contribution in [0.2, 0.25) is 0 Å². The van der Waals surface area contributed by atoms with E-state index in [9.17, 15) is 4.79 Å². The minimum absolute atomic E-state index is 0.141. The Morgan fingerprint density at radius 3 is 2.94 bits per heavy atom. The minimum atomic E-state index is 0.141. The molecular weight excluding hydrogens is 202 g/mol. The Morgan fingerprint density at radius 1 is 1.50 bits per heavy atom. The van der Waals surface area contributed by atoms with Gasteiger partial charge in [-0.3, -0.25) is 9.13 Å². The zero-order chi connectivity index (χ0) is 11.5. The van der Waals surface area contributed by atoms with Crippen LogP contribution in [0.4, 0.5) is 0 Å². The number of rotatable bonds is 3. The number of hydrogen-bond donors (Lipinski definition) is 1. The molecule has 1 aromatic rings. The molecule has 0 aromatic carbocycles. The van der Waals surface area contributed by atoms with Crippen LogP contribution in [0, 0.1) is 5.92 Å². The first kappa shape index (κ1) is 11.5. The molecule has 0 saturated carbocycles. The van der Waals surface area contributed by atoms with Crippen molar-refractivity contribution in [1.29, 1.82) is 0 Å².